The van der Waals surface area contributed by atoms with E-state index in [0.717, 1.165) is 9.87 Å². The molecule has 164 valence electrons. The molecule has 2 heterocycles. The Morgan fingerprint density at radius 1 is 1.26 bits per heavy atom. The summed E-state index contributed by atoms with van der Waals surface area (Å²) in [5.41, 5.74) is 0.454. The minimum Gasteiger partial charge on any atom is -0.497 e. The van der Waals surface area contributed by atoms with Crippen LogP contribution in [0.5, 0.6) is 11.5 Å². The van der Waals surface area contributed by atoms with E-state index in [0.29, 0.717) is 17.9 Å². The van der Waals surface area contributed by atoms with Crippen molar-refractivity contribution in [1.29, 1.82) is 0 Å². The van der Waals surface area contributed by atoms with Gasteiger partial charge in [0, 0.05) is 31.0 Å². The van der Waals surface area contributed by atoms with Crippen molar-refractivity contribution in [2.24, 2.45) is 0 Å². The molecule has 9 heteroatoms. The van der Waals surface area contributed by atoms with Crippen molar-refractivity contribution in [3.05, 3.63) is 53.6 Å². The van der Waals surface area contributed by atoms with E-state index in [9.17, 15) is 18.0 Å². The summed E-state index contributed by atoms with van der Waals surface area (Å²) in [6.07, 6.45) is 0.409. The maximum atomic E-state index is 12.7. The lowest BCUT2D eigenvalue weighted by molar-refractivity contribution is -0.122. The number of hydrogen-bond acceptors (Lipinski definition) is 6. The van der Waals surface area contributed by atoms with Crippen molar-refractivity contribution >= 4 is 21.8 Å². The maximum Gasteiger partial charge on any atom is 0.269 e. The second kappa shape index (κ2) is 7.56. The van der Waals surface area contributed by atoms with Gasteiger partial charge in [-0.15, -0.1) is 0 Å². The second-order valence-corrected chi connectivity index (χ2v) is 10.0. The lowest BCUT2D eigenvalue weighted by Crippen LogP contribution is -2.42. The monoisotopic (exact) mass is 444 g/mol. The lowest BCUT2D eigenvalue weighted by Gasteiger charge is -2.38. The molecular formula is C22H24N2O6S. The Bertz CT molecular complexity index is 1160. The topological polar surface area (TPSA) is 102 Å². The highest BCUT2D eigenvalue weighted by Crippen LogP contribution is 2.41. The van der Waals surface area contributed by atoms with Gasteiger partial charge in [0.2, 0.25) is 5.91 Å². The smallest absolute Gasteiger partial charge is 0.269 e. The second-order valence-electron chi connectivity index (χ2n) is 8.22. The van der Waals surface area contributed by atoms with Crippen molar-refractivity contribution in [2.75, 3.05) is 13.7 Å². The Morgan fingerprint density at radius 3 is 2.71 bits per heavy atom. The molecule has 31 heavy (non-hydrogen) atoms. The van der Waals surface area contributed by atoms with Crippen molar-refractivity contribution in [2.45, 2.75) is 43.2 Å². The molecule has 2 amide bonds. The number of hydrogen-bond donors (Lipinski definition) is 1. The quantitative estimate of drug-likeness (QED) is 0.761. The fourth-order valence-corrected chi connectivity index (χ4v) is 5.58. The highest BCUT2D eigenvalue weighted by atomic mass is 32.2. The molecule has 0 saturated heterocycles. The molecule has 0 fully saturated rings. The predicted molar refractivity (Wildman–Crippen MR) is 112 cm³/mol. The number of amides is 2. The minimum atomic E-state index is -3.93. The molecule has 0 radical (unpaired) electrons. The molecule has 0 aliphatic carbocycles. The average Bonchev–Trinajstić information content (AvgIpc) is 2.91. The van der Waals surface area contributed by atoms with E-state index in [-0.39, 0.29) is 35.4 Å². The molecule has 0 aromatic heterocycles. The van der Waals surface area contributed by atoms with E-state index in [1.54, 1.807) is 31.4 Å². The van der Waals surface area contributed by atoms with E-state index >= 15 is 0 Å². The highest BCUT2D eigenvalue weighted by molar-refractivity contribution is 7.90. The van der Waals surface area contributed by atoms with Gasteiger partial charge in [-0.25, -0.2) is 12.7 Å². The Morgan fingerprint density at radius 2 is 2.00 bits per heavy atom. The van der Waals surface area contributed by atoms with Gasteiger partial charge in [-0.2, -0.15) is 0 Å². The van der Waals surface area contributed by atoms with Crippen LogP contribution < -0.4 is 14.8 Å². The third-order valence-electron chi connectivity index (χ3n) is 5.47. The Hall–Kier alpha value is -3.07. The van der Waals surface area contributed by atoms with Crippen LogP contribution in [0.3, 0.4) is 0 Å². The Labute approximate surface area is 181 Å². The van der Waals surface area contributed by atoms with Crippen LogP contribution in [-0.2, 0) is 14.8 Å². The Kier molecular flexibility index (Phi) is 5.17. The number of fused-ring (bicyclic) bond motifs is 2. The average molecular weight is 445 g/mol. The summed E-state index contributed by atoms with van der Waals surface area (Å²) >= 11 is 0. The summed E-state index contributed by atoms with van der Waals surface area (Å²) in [5, 5.41) is 2.96. The van der Waals surface area contributed by atoms with E-state index in [4.69, 9.17) is 9.47 Å². The number of methoxy groups -OCH3 is 1. The molecule has 0 unspecified atom stereocenters. The molecule has 4 rings (SSSR count). The molecule has 8 nitrogen and oxygen atoms in total. The normalized spacial score (nSPS) is 20.4. The van der Waals surface area contributed by atoms with Gasteiger partial charge in [0.25, 0.3) is 15.9 Å². The summed E-state index contributed by atoms with van der Waals surface area (Å²) in [7, 11) is -2.36. The van der Waals surface area contributed by atoms with Crippen molar-refractivity contribution in [3.8, 4) is 11.5 Å². The maximum absolute atomic E-state index is 12.7. The molecule has 2 aromatic rings. The molecule has 0 saturated carbocycles. The number of nitrogens with one attached hydrogen (secondary N) is 1. The lowest BCUT2D eigenvalue weighted by atomic mass is 9.89. The first-order valence-corrected chi connectivity index (χ1v) is 11.4. The minimum absolute atomic E-state index is 0.0190. The van der Waals surface area contributed by atoms with Crippen LogP contribution in [0.2, 0.25) is 0 Å². The van der Waals surface area contributed by atoms with Crippen LogP contribution in [0.4, 0.5) is 0 Å². The van der Waals surface area contributed by atoms with Gasteiger partial charge >= 0.3 is 0 Å². The third kappa shape index (κ3) is 3.85. The first-order valence-electron chi connectivity index (χ1n) is 9.95. The number of ether oxygens (including phenoxy) is 2. The molecule has 2 aliphatic rings. The molecular weight excluding hydrogens is 420 g/mol. The third-order valence-corrected chi connectivity index (χ3v) is 7.31. The van der Waals surface area contributed by atoms with Gasteiger partial charge in [0.05, 0.1) is 18.7 Å². The highest BCUT2D eigenvalue weighted by Gasteiger charge is 2.41. The molecule has 0 spiro atoms. The molecule has 2 aromatic carbocycles. The number of benzene rings is 2. The summed E-state index contributed by atoms with van der Waals surface area (Å²) in [5.74, 6) is 0.337. The summed E-state index contributed by atoms with van der Waals surface area (Å²) in [6, 6.07) is 11.2. The van der Waals surface area contributed by atoms with Gasteiger partial charge in [0.15, 0.2) is 0 Å². The Balaban J connectivity index is 1.47. The standard InChI is InChI=1S/C22H24N2O6S/c1-22(2)13-17(15-9-8-14(29-3)12-18(15)30-22)23-20(25)10-11-24-21(26)16-6-4-5-7-19(16)31(24,27)28/h4-9,12,17H,10-11,13H2,1-3H3,(H,23,25)/t17-/m1/s1. The van der Waals surface area contributed by atoms with E-state index in [1.807, 2.05) is 19.9 Å². The van der Waals surface area contributed by atoms with E-state index < -0.39 is 21.5 Å². The van der Waals surface area contributed by atoms with Crippen LogP contribution in [0.15, 0.2) is 47.4 Å². The molecule has 2 aliphatic heterocycles. The number of sulfonamides is 1. The van der Waals surface area contributed by atoms with Crippen LogP contribution >= 0.6 is 0 Å². The van der Waals surface area contributed by atoms with Gasteiger partial charge < -0.3 is 14.8 Å². The number of carbonyl (C=O) groups is 2. The van der Waals surface area contributed by atoms with Gasteiger partial charge in [-0.1, -0.05) is 12.1 Å². The van der Waals surface area contributed by atoms with Crippen molar-refractivity contribution in [3.63, 3.8) is 0 Å². The van der Waals surface area contributed by atoms with Crippen LogP contribution in [0, 0.1) is 0 Å². The SMILES string of the molecule is COc1ccc2c(c1)OC(C)(C)C[C@H]2NC(=O)CCN1C(=O)c2ccccc2S1(=O)=O. The van der Waals surface area contributed by atoms with Crippen molar-refractivity contribution < 1.29 is 27.5 Å². The summed E-state index contributed by atoms with van der Waals surface area (Å²) in [6.45, 7) is 3.65. The fourth-order valence-electron chi connectivity index (χ4n) is 4.01. The zero-order valence-electron chi connectivity index (χ0n) is 17.5. The van der Waals surface area contributed by atoms with Crippen LogP contribution in [0.25, 0.3) is 0 Å². The molecule has 0 bridgehead atoms. The summed E-state index contributed by atoms with van der Waals surface area (Å²) < 4.78 is 37.4. The van der Waals surface area contributed by atoms with Gasteiger partial charge in [-0.05, 0) is 38.1 Å². The zero-order chi connectivity index (χ0) is 22.4. The zero-order valence-corrected chi connectivity index (χ0v) is 18.4. The largest absolute Gasteiger partial charge is 0.497 e. The summed E-state index contributed by atoms with van der Waals surface area (Å²) in [4.78, 5) is 25.2. The van der Waals surface area contributed by atoms with Crippen molar-refractivity contribution in [1.82, 2.24) is 9.62 Å². The fraction of sp³-hybridized carbons (Fsp3) is 0.364. The number of carbonyl (C=O) groups excluding carboxylic acids is 2. The molecule has 1 N–H and O–H groups in total. The van der Waals surface area contributed by atoms with Crippen LogP contribution in [0.1, 0.15) is 48.7 Å². The van der Waals surface area contributed by atoms with E-state index in [2.05, 4.69) is 5.32 Å². The van der Waals surface area contributed by atoms with E-state index in [1.165, 1.54) is 12.1 Å². The van der Waals surface area contributed by atoms with Gasteiger partial charge in [0.1, 0.15) is 22.0 Å². The first kappa shape index (κ1) is 21.2. The first-order chi connectivity index (χ1) is 14.6. The number of nitrogens with zero attached hydrogens (tertiary/aromatic N) is 1. The van der Waals surface area contributed by atoms with Gasteiger partial charge in [-0.3, -0.25) is 9.59 Å². The predicted octanol–water partition coefficient (Wildman–Crippen LogP) is 2.65. The van der Waals surface area contributed by atoms with Crippen LogP contribution in [-0.4, -0.2) is 43.8 Å². The molecule has 1 atom stereocenters. The number of rotatable bonds is 5.